The summed E-state index contributed by atoms with van der Waals surface area (Å²) in [5, 5.41) is 25.7. The molecule has 4 N–H and O–H groups in total. The first-order valence-corrected chi connectivity index (χ1v) is 10.3. The van der Waals surface area contributed by atoms with E-state index in [1.165, 1.54) is 11.6 Å². The molecular weight excluding hydrogens is 400 g/mol. The topological polar surface area (TPSA) is 126 Å². The number of aliphatic hydroxyl groups is 2. The van der Waals surface area contributed by atoms with Crippen molar-refractivity contribution < 1.29 is 10.2 Å². The summed E-state index contributed by atoms with van der Waals surface area (Å²) in [6.45, 7) is 2.67. The molecule has 2 atom stereocenters. The molecular formula is C21H30N6O4. The number of aromatic nitrogens is 4. The van der Waals surface area contributed by atoms with Crippen LogP contribution < -0.4 is 21.9 Å². The van der Waals surface area contributed by atoms with Crippen molar-refractivity contribution in [2.24, 2.45) is 14.1 Å². The zero-order valence-corrected chi connectivity index (χ0v) is 18.1. The van der Waals surface area contributed by atoms with E-state index in [1.54, 1.807) is 11.6 Å². The summed E-state index contributed by atoms with van der Waals surface area (Å²) in [4.78, 5) is 29.8. The number of anilines is 1. The fourth-order valence-corrected chi connectivity index (χ4v) is 3.60. The van der Waals surface area contributed by atoms with Crippen molar-refractivity contribution in [3.05, 3.63) is 56.7 Å². The van der Waals surface area contributed by atoms with Gasteiger partial charge < -0.3 is 25.4 Å². The fraction of sp³-hybridized carbons (Fsp3) is 0.476. The van der Waals surface area contributed by atoms with Crippen molar-refractivity contribution in [2.45, 2.75) is 32.0 Å². The highest BCUT2D eigenvalue weighted by atomic mass is 16.3. The molecule has 10 nitrogen and oxygen atoms in total. The number of fused-ring (bicyclic) bond motifs is 1. The second-order valence-electron chi connectivity index (χ2n) is 7.74. The maximum atomic E-state index is 12.9. The van der Waals surface area contributed by atoms with Gasteiger partial charge in [-0.15, -0.1) is 0 Å². The Hall–Kier alpha value is -2.95. The monoisotopic (exact) mass is 430 g/mol. The van der Waals surface area contributed by atoms with E-state index in [0.717, 1.165) is 16.6 Å². The summed E-state index contributed by atoms with van der Waals surface area (Å²) >= 11 is 0. The quantitative estimate of drug-likeness (QED) is 0.317. The van der Waals surface area contributed by atoms with Gasteiger partial charge in [0.25, 0.3) is 5.56 Å². The second kappa shape index (κ2) is 9.90. The number of rotatable bonds is 10. The molecule has 31 heavy (non-hydrogen) atoms. The Bertz CT molecular complexity index is 1130. The summed E-state index contributed by atoms with van der Waals surface area (Å²) in [6, 6.07) is 9.99. The Morgan fingerprint density at radius 1 is 1.13 bits per heavy atom. The molecule has 0 fully saturated rings. The van der Waals surface area contributed by atoms with Gasteiger partial charge in [-0.3, -0.25) is 13.9 Å². The molecule has 168 valence electrons. The molecule has 3 aromatic rings. The van der Waals surface area contributed by atoms with Gasteiger partial charge in [-0.2, -0.15) is 4.98 Å². The predicted octanol–water partition coefficient (Wildman–Crippen LogP) is -0.580. The number of aryl methyl sites for hydroxylation is 1. The molecule has 0 aliphatic heterocycles. The van der Waals surface area contributed by atoms with Crippen molar-refractivity contribution in [3.8, 4) is 0 Å². The lowest BCUT2D eigenvalue weighted by molar-refractivity contribution is 0.150. The molecule has 0 amide bonds. The fourth-order valence-electron chi connectivity index (χ4n) is 3.60. The molecule has 0 radical (unpaired) electrons. The highest BCUT2D eigenvalue weighted by molar-refractivity contribution is 5.74. The predicted molar refractivity (Wildman–Crippen MR) is 119 cm³/mol. The van der Waals surface area contributed by atoms with Crippen LogP contribution in [-0.2, 0) is 27.1 Å². The van der Waals surface area contributed by atoms with Crippen LogP contribution in [0.5, 0.6) is 0 Å². The van der Waals surface area contributed by atoms with Crippen molar-refractivity contribution in [3.63, 3.8) is 0 Å². The third-order valence-electron chi connectivity index (χ3n) is 5.17. The third kappa shape index (κ3) is 5.04. The molecule has 1 aromatic carbocycles. The van der Waals surface area contributed by atoms with E-state index in [0.29, 0.717) is 12.5 Å². The van der Waals surface area contributed by atoms with Crippen LogP contribution in [0.2, 0.25) is 0 Å². The summed E-state index contributed by atoms with van der Waals surface area (Å²) in [5.41, 5.74) is 0.737. The van der Waals surface area contributed by atoms with Gasteiger partial charge in [0.1, 0.15) is 0 Å². The molecule has 0 saturated carbocycles. The highest BCUT2D eigenvalue weighted by Crippen LogP contribution is 2.18. The molecule has 0 aliphatic rings. The molecule has 0 bridgehead atoms. The Kier molecular flexibility index (Phi) is 7.26. The van der Waals surface area contributed by atoms with E-state index in [-0.39, 0.29) is 36.9 Å². The molecule has 0 spiro atoms. The van der Waals surface area contributed by atoms with Crippen molar-refractivity contribution in [1.82, 2.24) is 24.0 Å². The van der Waals surface area contributed by atoms with E-state index in [4.69, 9.17) is 5.11 Å². The first kappa shape index (κ1) is 22.7. The highest BCUT2D eigenvalue weighted by Gasteiger charge is 2.22. The van der Waals surface area contributed by atoms with Gasteiger partial charge in [0.15, 0.2) is 11.2 Å². The SMILES string of the molecule is CC(Cc1ccccc1)Nc1nc2c(c(=O)n(C)c(=O)n2C)n1CC(O)CNCCO. The molecule has 0 aliphatic carbocycles. The van der Waals surface area contributed by atoms with Crippen molar-refractivity contribution in [1.29, 1.82) is 0 Å². The van der Waals surface area contributed by atoms with Crippen LogP contribution in [-0.4, -0.2) is 60.7 Å². The van der Waals surface area contributed by atoms with Crippen LogP contribution in [0.1, 0.15) is 12.5 Å². The van der Waals surface area contributed by atoms with Crippen LogP contribution in [0.4, 0.5) is 5.95 Å². The Labute approximate surface area is 179 Å². The second-order valence-corrected chi connectivity index (χ2v) is 7.74. The van der Waals surface area contributed by atoms with Gasteiger partial charge in [0.2, 0.25) is 5.95 Å². The molecule has 10 heteroatoms. The number of hydrogen-bond donors (Lipinski definition) is 4. The van der Waals surface area contributed by atoms with E-state index < -0.39 is 17.4 Å². The van der Waals surface area contributed by atoms with Crippen molar-refractivity contribution in [2.75, 3.05) is 25.0 Å². The Morgan fingerprint density at radius 2 is 1.84 bits per heavy atom. The van der Waals surface area contributed by atoms with Gasteiger partial charge in [-0.1, -0.05) is 30.3 Å². The zero-order chi connectivity index (χ0) is 22.5. The van der Waals surface area contributed by atoms with Gasteiger partial charge in [0.05, 0.1) is 19.3 Å². The van der Waals surface area contributed by atoms with E-state index >= 15 is 0 Å². The average Bonchev–Trinajstić information content (AvgIpc) is 3.09. The number of nitrogens with one attached hydrogen (secondary N) is 2. The summed E-state index contributed by atoms with van der Waals surface area (Å²) < 4.78 is 3.99. The van der Waals surface area contributed by atoms with Crippen molar-refractivity contribution >= 4 is 17.1 Å². The lowest BCUT2D eigenvalue weighted by Crippen LogP contribution is -2.38. The standard InChI is InChI=1S/C21H30N6O4/c1-14(11-15-7-5-4-6-8-15)23-20-24-18-17(19(30)26(3)21(31)25(18)2)27(20)13-16(29)12-22-9-10-28/h4-8,14,16,22,28-29H,9-13H2,1-3H3,(H,23,24). The number of nitrogens with zero attached hydrogens (tertiary/aromatic N) is 4. The molecule has 2 heterocycles. The summed E-state index contributed by atoms with van der Waals surface area (Å²) in [6.07, 6.45) is -0.0856. The summed E-state index contributed by atoms with van der Waals surface area (Å²) in [7, 11) is 2.99. The lowest BCUT2D eigenvalue weighted by Gasteiger charge is -2.18. The molecule has 2 aromatic heterocycles. The largest absolute Gasteiger partial charge is 0.395 e. The van der Waals surface area contributed by atoms with Crippen LogP contribution in [0.3, 0.4) is 0 Å². The van der Waals surface area contributed by atoms with E-state index in [9.17, 15) is 14.7 Å². The van der Waals surface area contributed by atoms with Gasteiger partial charge >= 0.3 is 5.69 Å². The average molecular weight is 431 g/mol. The lowest BCUT2D eigenvalue weighted by atomic mass is 10.1. The number of imidazole rings is 1. The maximum Gasteiger partial charge on any atom is 0.332 e. The van der Waals surface area contributed by atoms with Crippen LogP contribution in [0.15, 0.2) is 39.9 Å². The van der Waals surface area contributed by atoms with Gasteiger partial charge in [-0.05, 0) is 18.9 Å². The minimum absolute atomic E-state index is 0.0106. The minimum atomic E-state index is -0.823. The number of aliphatic hydroxyl groups excluding tert-OH is 2. The third-order valence-corrected chi connectivity index (χ3v) is 5.17. The number of hydrogen-bond acceptors (Lipinski definition) is 7. The first-order chi connectivity index (χ1) is 14.8. The van der Waals surface area contributed by atoms with Crippen LogP contribution in [0, 0.1) is 0 Å². The molecule has 2 unspecified atom stereocenters. The number of benzene rings is 1. The molecule has 0 saturated heterocycles. The Morgan fingerprint density at radius 3 is 2.52 bits per heavy atom. The molecule has 3 rings (SSSR count). The van der Waals surface area contributed by atoms with Gasteiger partial charge in [0, 0.05) is 33.2 Å². The normalized spacial score (nSPS) is 13.5. The summed E-state index contributed by atoms with van der Waals surface area (Å²) in [5.74, 6) is 0.415. The van der Waals surface area contributed by atoms with E-state index in [2.05, 4.69) is 15.6 Å². The minimum Gasteiger partial charge on any atom is -0.395 e. The maximum absolute atomic E-state index is 12.9. The van der Waals surface area contributed by atoms with Crippen LogP contribution >= 0.6 is 0 Å². The van der Waals surface area contributed by atoms with Gasteiger partial charge in [-0.25, -0.2) is 4.79 Å². The van der Waals surface area contributed by atoms with Crippen LogP contribution in [0.25, 0.3) is 11.2 Å². The zero-order valence-electron chi connectivity index (χ0n) is 18.1. The van der Waals surface area contributed by atoms with E-state index in [1.807, 2.05) is 37.3 Å². The Balaban J connectivity index is 1.98. The smallest absolute Gasteiger partial charge is 0.332 e. The first-order valence-electron chi connectivity index (χ1n) is 10.3.